The van der Waals surface area contributed by atoms with Gasteiger partial charge in [0.1, 0.15) is 22.9 Å². The van der Waals surface area contributed by atoms with Crippen molar-refractivity contribution in [2.45, 2.75) is 26.4 Å². The molecular weight excluding hydrogens is 261 g/mol. The predicted octanol–water partition coefficient (Wildman–Crippen LogP) is 3.28. The third kappa shape index (κ3) is 3.24. The fourth-order valence-electron chi connectivity index (χ4n) is 1.99. The van der Waals surface area contributed by atoms with Gasteiger partial charge in [-0.3, -0.25) is 0 Å². The summed E-state index contributed by atoms with van der Waals surface area (Å²) in [5.74, 6) is -0.357. The van der Waals surface area contributed by atoms with Gasteiger partial charge in [-0.1, -0.05) is 12.1 Å². The summed E-state index contributed by atoms with van der Waals surface area (Å²) in [6, 6.07) is 7.78. The largest absolute Gasteiger partial charge is 0.478 e. The van der Waals surface area contributed by atoms with E-state index in [0.717, 1.165) is 5.56 Å². The van der Waals surface area contributed by atoms with E-state index in [4.69, 9.17) is 9.52 Å². The van der Waals surface area contributed by atoms with Crippen molar-refractivity contribution in [2.75, 3.05) is 0 Å². The van der Waals surface area contributed by atoms with Gasteiger partial charge in [0.15, 0.2) is 0 Å². The first-order valence-corrected chi connectivity index (χ1v) is 6.29. The Kier molecular flexibility index (Phi) is 4.20. The molecule has 1 heterocycles. The Labute approximate surface area is 116 Å². The Hall–Kier alpha value is -2.14. The molecule has 0 aliphatic rings. The zero-order valence-electron chi connectivity index (χ0n) is 11.3. The molecule has 1 aromatic carbocycles. The highest BCUT2D eigenvalue weighted by molar-refractivity contribution is 5.88. The van der Waals surface area contributed by atoms with E-state index in [1.54, 1.807) is 13.0 Å². The van der Waals surface area contributed by atoms with E-state index in [9.17, 15) is 9.18 Å². The van der Waals surface area contributed by atoms with Crippen LogP contribution in [0.25, 0.3) is 0 Å². The van der Waals surface area contributed by atoms with Crippen LogP contribution < -0.4 is 5.32 Å². The molecule has 0 amide bonds. The zero-order chi connectivity index (χ0) is 14.7. The van der Waals surface area contributed by atoms with Gasteiger partial charge in [-0.05, 0) is 37.6 Å². The first kappa shape index (κ1) is 14.3. The molecule has 20 heavy (non-hydrogen) atoms. The van der Waals surface area contributed by atoms with Gasteiger partial charge in [-0.15, -0.1) is 0 Å². The number of hydrogen-bond donors (Lipinski definition) is 2. The number of hydrogen-bond acceptors (Lipinski definition) is 3. The van der Waals surface area contributed by atoms with E-state index in [2.05, 4.69) is 5.32 Å². The summed E-state index contributed by atoms with van der Waals surface area (Å²) in [4.78, 5) is 10.9. The van der Waals surface area contributed by atoms with E-state index in [-0.39, 0.29) is 17.4 Å². The topological polar surface area (TPSA) is 62.5 Å². The fourth-order valence-corrected chi connectivity index (χ4v) is 1.99. The first-order valence-electron chi connectivity index (χ1n) is 6.29. The van der Waals surface area contributed by atoms with Crippen molar-refractivity contribution >= 4 is 5.97 Å². The molecule has 4 nitrogen and oxygen atoms in total. The highest BCUT2D eigenvalue weighted by atomic mass is 19.1. The van der Waals surface area contributed by atoms with E-state index < -0.39 is 5.97 Å². The van der Waals surface area contributed by atoms with Crippen molar-refractivity contribution in [1.29, 1.82) is 0 Å². The molecule has 0 saturated carbocycles. The van der Waals surface area contributed by atoms with E-state index in [0.29, 0.717) is 18.1 Å². The molecule has 0 aliphatic heterocycles. The van der Waals surface area contributed by atoms with Crippen molar-refractivity contribution in [3.63, 3.8) is 0 Å². The summed E-state index contributed by atoms with van der Waals surface area (Å²) in [7, 11) is 0. The number of aromatic carboxylic acids is 1. The summed E-state index contributed by atoms with van der Waals surface area (Å²) in [5, 5.41) is 12.1. The molecule has 0 bridgehead atoms. The quantitative estimate of drug-likeness (QED) is 0.880. The van der Waals surface area contributed by atoms with Crippen LogP contribution in [0, 0.1) is 12.7 Å². The zero-order valence-corrected chi connectivity index (χ0v) is 11.3. The summed E-state index contributed by atoms with van der Waals surface area (Å²) in [5.41, 5.74) is 0.993. The molecule has 1 atom stereocenters. The smallest absolute Gasteiger partial charge is 0.339 e. The second kappa shape index (κ2) is 5.88. The lowest BCUT2D eigenvalue weighted by Gasteiger charge is -2.13. The standard InChI is InChI=1S/C15H16FNO3/c1-9(11-4-3-5-12(16)6-11)17-8-13-7-14(15(18)19)10(2)20-13/h3-7,9,17H,8H2,1-2H3,(H,18,19)/t9-/m1/s1. The van der Waals surface area contributed by atoms with Crippen LogP contribution in [0.1, 0.15) is 40.4 Å². The Morgan fingerprint density at radius 1 is 1.45 bits per heavy atom. The minimum Gasteiger partial charge on any atom is -0.478 e. The number of benzene rings is 1. The lowest BCUT2D eigenvalue weighted by Crippen LogP contribution is -2.17. The van der Waals surface area contributed by atoms with Crippen LogP contribution in [0.4, 0.5) is 4.39 Å². The van der Waals surface area contributed by atoms with Crippen LogP contribution in [-0.4, -0.2) is 11.1 Å². The Bertz CT molecular complexity index is 621. The summed E-state index contributed by atoms with van der Waals surface area (Å²) < 4.78 is 18.5. The molecule has 0 saturated heterocycles. The first-order chi connectivity index (χ1) is 9.47. The Morgan fingerprint density at radius 3 is 2.80 bits per heavy atom. The van der Waals surface area contributed by atoms with Crippen molar-refractivity contribution < 1.29 is 18.7 Å². The van der Waals surface area contributed by atoms with Crippen LogP contribution >= 0.6 is 0 Å². The number of nitrogens with one attached hydrogen (secondary N) is 1. The Morgan fingerprint density at radius 2 is 2.20 bits per heavy atom. The number of halogens is 1. The second-order valence-electron chi connectivity index (χ2n) is 4.65. The van der Waals surface area contributed by atoms with Gasteiger partial charge in [0, 0.05) is 6.04 Å². The van der Waals surface area contributed by atoms with Crippen LogP contribution in [0.3, 0.4) is 0 Å². The van der Waals surface area contributed by atoms with Gasteiger partial charge in [0.05, 0.1) is 6.54 Å². The minimum atomic E-state index is -1.00. The molecule has 0 fully saturated rings. The van der Waals surface area contributed by atoms with Crippen LogP contribution in [-0.2, 0) is 6.54 Å². The number of carboxylic acids is 1. The summed E-state index contributed by atoms with van der Waals surface area (Å²) >= 11 is 0. The normalized spacial score (nSPS) is 12.3. The van der Waals surface area contributed by atoms with E-state index in [1.165, 1.54) is 18.2 Å². The molecule has 0 spiro atoms. The van der Waals surface area contributed by atoms with Crippen molar-refractivity contribution in [3.05, 3.63) is 58.8 Å². The fraction of sp³-hybridized carbons (Fsp3) is 0.267. The van der Waals surface area contributed by atoms with Crippen LogP contribution in [0.5, 0.6) is 0 Å². The highest BCUT2D eigenvalue weighted by Gasteiger charge is 2.14. The van der Waals surface area contributed by atoms with Gasteiger partial charge in [-0.2, -0.15) is 0 Å². The minimum absolute atomic E-state index is 0.0654. The highest BCUT2D eigenvalue weighted by Crippen LogP contribution is 2.17. The summed E-state index contributed by atoms with van der Waals surface area (Å²) in [6.45, 7) is 3.90. The average molecular weight is 277 g/mol. The number of furan rings is 1. The van der Waals surface area contributed by atoms with Gasteiger partial charge in [-0.25, -0.2) is 9.18 Å². The van der Waals surface area contributed by atoms with Crippen LogP contribution in [0.2, 0.25) is 0 Å². The van der Waals surface area contributed by atoms with Gasteiger partial charge < -0.3 is 14.8 Å². The molecule has 2 N–H and O–H groups in total. The molecule has 0 aliphatic carbocycles. The average Bonchev–Trinajstić information content (AvgIpc) is 2.77. The number of carboxylic acid groups (broad SMARTS) is 1. The van der Waals surface area contributed by atoms with Crippen molar-refractivity contribution in [1.82, 2.24) is 5.32 Å². The van der Waals surface area contributed by atoms with Crippen molar-refractivity contribution in [2.24, 2.45) is 0 Å². The van der Waals surface area contributed by atoms with Gasteiger partial charge >= 0.3 is 5.97 Å². The molecule has 0 unspecified atom stereocenters. The molecule has 1 aromatic heterocycles. The lowest BCUT2D eigenvalue weighted by molar-refractivity contribution is 0.0695. The van der Waals surface area contributed by atoms with E-state index >= 15 is 0 Å². The third-order valence-electron chi connectivity index (χ3n) is 3.13. The number of rotatable bonds is 5. The SMILES string of the molecule is Cc1oc(CN[C@H](C)c2cccc(F)c2)cc1C(=O)O. The molecule has 2 aromatic rings. The Balaban J connectivity index is 2.01. The molecule has 106 valence electrons. The molecule has 2 rings (SSSR count). The lowest BCUT2D eigenvalue weighted by atomic mass is 10.1. The molecular formula is C15H16FNO3. The van der Waals surface area contributed by atoms with Crippen molar-refractivity contribution in [3.8, 4) is 0 Å². The molecule has 0 radical (unpaired) electrons. The maximum absolute atomic E-state index is 13.1. The third-order valence-corrected chi connectivity index (χ3v) is 3.13. The number of aryl methyl sites for hydroxylation is 1. The van der Waals surface area contributed by atoms with Crippen LogP contribution in [0.15, 0.2) is 34.7 Å². The monoisotopic (exact) mass is 277 g/mol. The van der Waals surface area contributed by atoms with Gasteiger partial charge in [0.2, 0.25) is 0 Å². The maximum Gasteiger partial charge on any atom is 0.339 e. The molecule has 5 heteroatoms. The van der Waals surface area contributed by atoms with Gasteiger partial charge in [0.25, 0.3) is 0 Å². The number of carbonyl (C=O) groups is 1. The predicted molar refractivity (Wildman–Crippen MR) is 72.1 cm³/mol. The second-order valence-corrected chi connectivity index (χ2v) is 4.65. The maximum atomic E-state index is 13.1. The summed E-state index contributed by atoms with van der Waals surface area (Å²) in [6.07, 6.45) is 0. The van der Waals surface area contributed by atoms with E-state index in [1.807, 2.05) is 13.0 Å².